The average molecular weight is 472 g/mol. The highest BCUT2D eigenvalue weighted by Gasteiger charge is 2.56. The molecule has 0 radical (unpaired) electrons. The first-order valence-electron chi connectivity index (χ1n) is 11.3. The van der Waals surface area contributed by atoms with Gasteiger partial charge in [0.05, 0.1) is 24.2 Å². The second-order valence-electron chi connectivity index (χ2n) is 9.54. The standard InChI is InChI=1S/C22H28N6O4S/c1-12(13-2-4-15(5-3-13)25-33(31)32)27-17-8-20(22(27)30)26(10-17)11-18(24)21(29)28-16(9-23)6-14-7-19(14)28/h2-5,12,14,16-20,25H,6-8,10-11,24H2,1H3,(H,31,32)/p-1/t12-,14?,16-,17+,18-,19-,20+/m0/s1. The summed E-state index contributed by atoms with van der Waals surface area (Å²) in [6, 6.07) is 7.85. The van der Waals surface area contributed by atoms with Crippen molar-refractivity contribution in [3.63, 3.8) is 0 Å². The summed E-state index contributed by atoms with van der Waals surface area (Å²) in [5.74, 6) is 0.289. The van der Waals surface area contributed by atoms with Gasteiger partial charge in [-0.1, -0.05) is 12.1 Å². The Morgan fingerprint density at radius 2 is 2.06 bits per heavy atom. The van der Waals surface area contributed by atoms with E-state index in [0.29, 0.717) is 31.1 Å². The summed E-state index contributed by atoms with van der Waals surface area (Å²) in [6.45, 7) is 2.94. The lowest BCUT2D eigenvalue weighted by molar-refractivity contribution is -0.141. The maximum Gasteiger partial charge on any atom is 0.242 e. The van der Waals surface area contributed by atoms with Gasteiger partial charge in [-0.25, -0.2) is 0 Å². The molecular weight excluding hydrogens is 444 g/mol. The Morgan fingerprint density at radius 3 is 2.70 bits per heavy atom. The van der Waals surface area contributed by atoms with E-state index in [2.05, 4.69) is 10.8 Å². The normalized spacial score (nSPS) is 32.9. The third-order valence-corrected chi connectivity index (χ3v) is 7.98. The highest BCUT2D eigenvalue weighted by molar-refractivity contribution is 7.80. The molecule has 2 unspecified atom stereocenters. The van der Waals surface area contributed by atoms with Gasteiger partial charge in [0.2, 0.25) is 11.8 Å². The molecule has 2 bridgehead atoms. The monoisotopic (exact) mass is 471 g/mol. The quantitative estimate of drug-likeness (QED) is 0.536. The molecule has 0 aromatic heterocycles. The smallest absolute Gasteiger partial charge is 0.242 e. The molecule has 33 heavy (non-hydrogen) atoms. The van der Waals surface area contributed by atoms with Crippen LogP contribution < -0.4 is 10.5 Å². The number of amides is 2. The molecule has 1 saturated carbocycles. The van der Waals surface area contributed by atoms with E-state index in [1.54, 1.807) is 17.0 Å². The number of piperazine rings is 1. The first-order chi connectivity index (χ1) is 15.8. The minimum absolute atomic E-state index is 0.0274. The van der Waals surface area contributed by atoms with Crippen LogP contribution in [0.15, 0.2) is 24.3 Å². The average Bonchev–Trinajstić information content (AvgIpc) is 3.12. The van der Waals surface area contributed by atoms with E-state index in [4.69, 9.17) is 5.73 Å². The number of nitriles is 1. The molecule has 1 aromatic rings. The van der Waals surface area contributed by atoms with Gasteiger partial charge in [-0.2, -0.15) is 5.26 Å². The summed E-state index contributed by atoms with van der Waals surface area (Å²) in [4.78, 5) is 31.7. The maximum atomic E-state index is 13.2. The second-order valence-corrected chi connectivity index (χ2v) is 10.2. The lowest BCUT2D eigenvalue weighted by Gasteiger charge is -2.38. The topological polar surface area (TPSA) is 146 Å². The number of fused-ring (bicyclic) bond motifs is 3. The fourth-order valence-electron chi connectivity index (χ4n) is 5.90. The Morgan fingerprint density at radius 1 is 1.33 bits per heavy atom. The zero-order chi connectivity index (χ0) is 23.4. The van der Waals surface area contributed by atoms with E-state index in [9.17, 15) is 23.6 Å². The number of likely N-dealkylation sites (tertiary alicyclic amines) is 3. The van der Waals surface area contributed by atoms with Crippen LogP contribution in [-0.4, -0.2) is 78.6 Å². The number of nitrogens with zero attached hydrogens (tertiary/aromatic N) is 4. The number of benzene rings is 1. The molecule has 8 atom stereocenters. The van der Waals surface area contributed by atoms with Crippen molar-refractivity contribution >= 4 is 28.8 Å². The van der Waals surface area contributed by atoms with Gasteiger partial charge in [-0.15, -0.1) is 0 Å². The predicted octanol–water partition coefficient (Wildman–Crippen LogP) is 0.0790. The number of nitrogens with two attached hydrogens (primary N) is 1. The van der Waals surface area contributed by atoms with Crippen LogP contribution in [0.25, 0.3) is 0 Å². The first kappa shape index (κ1) is 22.3. The number of piperidine rings is 1. The summed E-state index contributed by atoms with van der Waals surface area (Å²) in [6.07, 6.45) is 2.40. The molecule has 3 aliphatic heterocycles. The molecular formula is C22H27N6O4S-. The van der Waals surface area contributed by atoms with Crippen molar-refractivity contribution in [1.82, 2.24) is 14.7 Å². The molecule has 0 spiro atoms. The Hall–Kier alpha value is -2.52. The Balaban J connectivity index is 1.21. The van der Waals surface area contributed by atoms with E-state index in [-0.39, 0.29) is 42.0 Å². The van der Waals surface area contributed by atoms with Gasteiger partial charge in [0.1, 0.15) is 6.04 Å². The van der Waals surface area contributed by atoms with Gasteiger partial charge in [0.15, 0.2) is 0 Å². The number of hydrogen-bond acceptors (Lipinski definition) is 7. The van der Waals surface area contributed by atoms with E-state index < -0.39 is 17.3 Å². The molecule has 176 valence electrons. The van der Waals surface area contributed by atoms with E-state index in [1.807, 2.05) is 28.9 Å². The zero-order valence-electron chi connectivity index (χ0n) is 18.3. The van der Waals surface area contributed by atoms with E-state index in [1.165, 1.54) is 0 Å². The summed E-state index contributed by atoms with van der Waals surface area (Å²) in [5, 5.41) is 9.36. The van der Waals surface area contributed by atoms with Gasteiger partial charge in [0.25, 0.3) is 0 Å². The molecule has 10 nitrogen and oxygen atoms in total. The molecule has 1 aliphatic carbocycles. The highest BCUT2D eigenvalue weighted by atomic mass is 32.2. The Kier molecular flexibility index (Phi) is 5.64. The second kappa shape index (κ2) is 8.36. The van der Waals surface area contributed by atoms with Gasteiger partial charge >= 0.3 is 0 Å². The van der Waals surface area contributed by atoms with Crippen LogP contribution in [0.2, 0.25) is 0 Å². The number of carbonyl (C=O) groups is 2. The summed E-state index contributed by atoms with van der Waals surface area (Å²) >= 11 is -2.38. The molecule has 3 saturated heterocycles. The SMILES string of the molecule is C[C@@H](c1ccc(NS(=O)[O-])cc1)N1C(=O)[C@H]2C[C@@H]1CN2C[C@H](N)C(=O)N1[C@H](C#N)CC2C[C@@H]21. The van der Waals surface area contributed by atoms with Crippen molar-refractivity contribution < 1.29 is 18.4 Å². The Labute approximate surface area is 195 Å². The minimum Gasteiger partial charge on any atom is -0.755 e. The van der Waals surface area contributed by atoms with Gasteiger partial charge in [-0.3, -0.25) is 18.7 Å². The van der Waals surface area contributed by atoms with Crippen LogP contribution in [0, 0.1) is 17.2 Å². The predicted molar refractivity (Wildman–Crippen MR) is 119 cm³/mol. The largest absolute Gasteiger partial charge is 0.755 e. The van der Waals surface area contributed by atoms with Gasteiger partial charge in [0, 0.05) is 42.1 Å². The maximum absolute atomic E-state index is 13.2. The lowest BCUT2D eigenvalue weighted by Crippen LogP contribution is -2.57. The van der Waals surface area contributed by atoms with Crippen LogP contribution in [0.3, 0.4) is 0 Å². The third kappa shape index (κ3) is 3.91. The van der Waals surface area contributed by atoms with Crippen LogP contribution in [-0.2, 0) is 20.9 Å². The molecule has 3 heterocycles. The molecule has 4 fully saturated rings. The van der Waals surface area contributed by atoms with Crippen molar-refractivity contribution in [2.75, 3.05) is 17.8 Å². The van der Waals surface area contributed by atoms with Gasteiger partial charge < -0.3 is 24.8 Å². The molecule has 1 aromatic carbocycles. The lowest BCUT2D eigenvalue weighted by atomic mass is 10.0. The molecule has 3 N–H and O–H groups in total. The summed E-state index contributed by atoms with van der Waals surface area (Å²) in [5.41, 5.74) is 7.66. The Bertz CT molecular complexity index is 1030. The number of anilines is 1. The van der Waals surface area contributed by atoms with Crippen molar-refractivity contribution in [3.05, 3.63) is 29.8 Å². The minimum atomic E-state index is -2.38. The van der Waals surface area contributed by atoms with Crippen molar-refractivity contribution in [1.29, 1.82) is 5.26 Å². The summed E-state index contributed by atoms with van der Waals surface area (Å²) < 4.78 is 23.9. The number of hydrogen-bond donors (Lipinski definition) is 2. The van der Waals surface area contributed by atoms with Crippen molar-refractivity contribution in [2.45, 2.75) is 62.4 Å². The van der Waals surface area contributed by atoms with Crippen LogP contribution in [0.5, 0.6) is 0 Å². The summed E-state index contributed by atoms with van der Waals surface area (Å²) in [7, 11) is 0. The molecule has 2 amide bonds. The number of carbonyl (C=O) groups excluding carboxylic acids is 2. The van der Waals surface area contributed by atoms with E-state index in [0.717, 1.165) is 18.4 Å². The molecule has 4 aliphatic rings. The zero-order valence-corrected chi connectivity index (χ0v) is 19.1. The molecule has 11 heteroatoms. The van der Waals surface area contributed by atoms with Gasteiger partial charge in [-0.05, 0) is 49.8 Å². The fraction of sp³-hybridized carbons (Fsp3) is 0.591. The van der Waals surface area contributed by atoms with Crippen LogP contribution in [0.4, 0.5) is 5.69 Å². The van der Waals surface area contributed by atoms with Crippen molar-refractivity contribution in [3.8, 4) is 6.07 Å². The fourth-order valence-corrected chi connectivity index (χ4v) is 6.22. The van der Waals surface area contributed by atoms with Crippen molar-refractivity contribution in [2.24, 2.45) is 11.7 Å². The number of nitrogens with one attached hydrogen (secondary N) is 1. The third-order valence-electron chi connectivity index (χ3n) is 7.58. The van der Waals surface area contributed by atoms with Crippen LogP contribution >= 0.6 is 0 Å². The first-order valence-corrected chi connectivity index (χ1v) is 12.4. The number of rotatable bonds is 7. The highest BCUT2D eigenvalue weighted by Crippen LogP contribution is 2.48. The van der Waals surface area contributed by atoms with E-state index >= 15 is 0 Å². The van der Waals surface area contributed by atoms with Crippen LogP contribution in [0.1, 0.15) is 37.8 Å². The molecule has 5 rings (SSSR count).